The number of terminal acetylenes is 1. The lowest BCUT2D eigenvalue weighted by atomic mass is 9.84. The number of amides is 1. The van der Waals surface area contributed by atoms with Crippen LogP contribution in [-0.4, -0.2) is 76.7 Å². The maximum atomic E-state index is 14.1. The van der Waals surface area contributed by atoms with Crippen LogP contribution in [-0.2, 0) is 19.9 Å². The third kappa shape index (κ3) is 11.2. The van der Waals surface area contributed by atoms with Crippen molar-refractivity contribution in [3.05, 3.63) is 137 Å². The van der Waals surface area contributed by atoms with Crippen molar-refractivity contribution in [2.75, 3.05) is 42.7 Å². The predicted molar refractivity (Wildman–Crippen MR) is 238 cm³/mol. The number of hydrogen-bond donors (Lipinski definition) is 3. The number of halogens is 4. The van der Waals surface area contributed by atoms with Crippen LogP contribution in [0.2, 0.25) is 5.02 Å². The van der Waals surface area contributed by atoms with Gasteiger partial charge >= 0.3 is 5.51 Å². The molecule has 0 radical (unpaired) electrons. The Bertz CT molecular complexity index is 2610. The minimum absolute atomic E-state index is 0.0209. The molecule has 6 rings (SSSR count). The van der Waals surface area contributed by atoms with Gasteiger partial charge in [0.25, 0.3) is 25.8 Å². The Morgan fingerprint density at radius 3 is 2.23 bits per heavy atom. The highest BCUT2D eigenvalue weighted by molar-refractivity contribution is 7.99. The first kappa shape index (κ1) is 46.3. The zero-order chi connectivity index (χ0) is 44.7. The molecule has 1 saturated heterocycles. The minimum Gasteiger partial charge on any atom is -0.388 e. The molecule has 0 saturated carbocycles. The first-order chi connectivity index (χ1) is 29.5. The molecule has 2 atom stereocenters. The molecule has 0 spiro atoms. The standard InChI is InChI=1S/C45H44ClF3N4O6S3/c1-3-52(2)26-25-35(30-60-37-9-5-4-6-10-37)50-41-22-21-38(29-42(41)61(56,57)45(47,48)49)62(58,59)51-44(55)33-15-19-36(20-16-33)53-27-23-32(24-28-53)43(54)40-12-8-7-11-39(40)31-13-17-34(46)18-14-31/h1,4-22,29,32,35,43,50,54H,23-28,30H2,2H3,(H,51,55)/t35-,43-/m1/s1. The van der Waals surface area contributed by atoms with Crippen molar-refractivity contribution in [1.29, 1.82) is 0 Å². The number of aliphatic hydroxyl groups is 1. The average molecular weight is 926 g/mol. The monoisotopic (exact) mass is 924 g/mol. The van der Waals surface area contributed by atoms with Crippen molar-refractivity contribution in [3.8, 4) is 23.6 Å². The number of rotatable bonds is 16. The fraction of sp³-hybridized carbons (Fsp3) is 0.267. The summed E-state index contributed by atoms with van der Waals surface area (Å²) in [4.78, 5) is 15.6. The van der Waals surface area contributed by atoms with Gasteiger partial charge in [-0.15, -0.1) is 11.8 Å². The van der Waals surface area contributed by atoms with Gasteiger partial charge in [0.1, 0.15) is 4.90 Å². The summed E-state index contributed by atoms with van der Waals surface area (Å²) in [6.45, 7) is 1.52. The normalized spacial score (nSPS) is 14.7. The summed E-state index contributed by atoms with van der Waals surface area (Å²) in [5.41, 5.74) is -2.84. The number of anilines is 2. The highest BCUT2D eigenvalue weighted by Gasteiger charge is 2.48. The highest BCUT2D eigenvalue weighted by Crippen LogP contribution is 2.39. The maximum Gasteiger partial charge on any atom is 0.501 e. The predicted octanol–water partition coefficient (Wildman–Crippen LogP) is 8.85. The lowest BCUT2D eigenvalue weighted by Gasteiger charge is -2.36. The highest BCUT2D eigenvalue weighted by atomic mass is 35.5. The quantitative estimate of drug-likeness (QED) is 0.0501. The molecule has 0 aliphatic carbocycles. The van der Waals surface area contributed by atoms with Crippen molar-refractivity contribution in [2.45, 2.75) is 51.6 Å². The lowest BCUT2D eigenvalue weighted by molar-refractivity contribution is -0.0435. The molecular formula is C45H44ClF3N4O6S3. The number of sulfonamides is 1. The van der Waals surface area contributed by atoms with Crippen molar-refractivity contribution < 1.29 is 39.9 Å². The van der Waals surface area contributed by atoms with E-state index in [0.29, 0.717) is 55.7 Å². The van der Waals surface area contributed by atoms with Crippen molar-refractivity contribution in [2.24, 2.45) is 5.92 Å². The molecule has 0 unspecified atom stereocenters. The zero-order valence-electron chi connectivity index (χ0n) is 33.4. The Balaban J connectivity index is 1.14. The second-order valence-corrected chi connectivity index (χ2v) is 19.9. The van der Waals surface area contributed by atoms with Gasteiger partial charge in [-0.05, 0) is 109 Å². The second kappa shape index (κ2) is 19.9. The topological polar surface area (TPSA) is 136 Å². The van der Waals surface area contributed by atoms with Crippen LogP contribution in [0.15, 0.2) is 136 Å². The van der Waals surface area contributed by atoms with Gasteiger partial charge in [0.2, 0.25) is 0 Å². The van der Waals surface area contributed by atoms with Crippen LogP contribution in [0.4, 0.5) is 24.5 Å². The van der Waals surface area contributed by atoms with Gasteiger partial charge in [-0.3, -0.25) is 4.79 Å². The largest absolute Gasteiger partial charge is 0.501 e. The molecular weight excluding hydrogens is 881 g/mol. The van der Waals surface area contributed by atoms with E-state index in [-0.39, 0.29) is 11.5 Å². The fourth-order valence-electron chi connectivity index (χ4n) is 7.12. The van der Waals surface area contributed by atoms with Crippen LogP contribution in [0, 0.1) is 18.4 Å². The van der Waals surface area contributed by atoms with Crippen LogP contribution < -0.4 is 14.9 Å². The summed E-state index contributed by atoms with van der Waals surface area (Å²) in [6, 6.07) is 34.6. The van der Waals surface area contributed by atoms with Crippen LogP contribution in [0.1, 0.15) is 41.3 Å². The molecule has 0 bridgehead atoms. The first-order valence-electron chi connectivity index (χ1n) is 19.5. The zero-order valence-corrected chi connectivity index (χ0v) is 36.6. The molecule has 1 fully saturated rings. The number of carbonyl (C=O) groups excluding carboxylic acids is 1. The van der Waals surface area contributed by atoms with Crippen LogP contribution in [0.5, 0.6) is 0 Å². The van der Waals surface area contributed by atoms with E-state index < -0.39 is 58.9 Å². The Hall–Kier alpha value is -5.18. The summed E-state index contributed by atoms with van der Waals surface area (Å²) in [6.07, 6.45) is 6.40. The lowest BCUT2D eigenvalue weighted by Crippen LogP contribution is -2.36. The number of sulfone groups is 1. The van der Waals surface area contributed by atoms with E-state index in [2.05, 4.69) is 16.3 Å². The molecule has 1 aliphatic heterocycles. The number of hydrogen-bond acceptors (Lipinski definition) is 10. The Kier molecular flexibility index (Phi) is 14.9. The van der Waals surface area contributed by atoms with Gasteiger partial charge < -0.3 is 20.2 Å². The van der Waals surface area contributed by atoms with E-state index in [1.165, 1.54) is 28.8 Å². The van der Waals surface area contributed by atoms with Crippen molar-refractivity contribution in [1.82, 2.24) is 9.62 Å². The fourth-order valence-corrected chi connectivity index (χ4v) is 10.3. The van der Waals surface area contributed by atoms with Gasteiger partial charge in [-0.2, -0.15) is 13.2 Å². The van der Waals surface area contributed by atoms with Gasteiger partial charge in [0.05, 0.1) is 16.7 Å². The number of piperidine rings is 1. The SMILES string of the molecule is C#CN(C)CC[C@H](CSc1ccccc1)Nc1ccc(S(=O)(=O)NC(=O)c2ccc(N3CCC([C@@H](O)c4ccccc4-c4ccc(Cl)cc4)CC3)cc2)cc1S(=O)(=O)C(F)(F)F. The van der Waals surface area contributed by atoms with Crippen LogP contribution in [0.3, 0.4) is 0 Å². The number of aliphatic hydroxyl groups excluding tert-OH is 1. The molecule has 5 aromatic carbocycles. The molecule has 5 aromatic rings. The van der Waals surface area contributed by atoms with Crippen LogP contribution >= 0.6 is 23.4 Å². The van der Waals surface area contributed by atoms with E-state index in [4.69, 9.17) is 18.0 Å². The summed E-state index contributed by atoms with van der Waals surface area (Å²) >= 11 is 7.47. The number of nitrogens with one attached hydrogen (secondary N) is 2. The number of thioether (sulfide) groups is 1. The Morgan fingerprint density at radius 1 is 0.935 bits per heavy atom. The summed E-state index contributed by atoms with van der Waals surface area (Å²) in [5.74, 6) is -0.798. The van der Waals surface area contributed by atoms with Gasteiger partial charge in [-0.25, -0.2) is 21.6 Å². The molecule has 1 amide bonds. The average Bonchev–Trinajstić information content (AvgIpc) is 3.27. The number of alkyl halides is 3. The number of benzene rings is 5. The van der Waals surface area contributed by atoms with E-state index in [0.717, 1.165) is 39.4 Å². The van der Waals surface area contributed by atoms with Crippen molar-refractivity contribution in [3.63, 3.8) is 0 Å². The summed E-state index contributed by atoms with van der Waals surface area (Å²) < 4.78 is 96.8. The minimum atomic E-state index is -6.08. The third-order valence-electron chi connectivity index (χ3n) is 10.6. The molecule has 3 N–H and O–H groups in total. The van der Waals surface area contributed by atoms with Gasteiger partial charge in [0.15, 0.2) is 0 Å². The van der Waals surface area contributed by atoms with Gasteiger partial charge in [0, 0.05) is 65.7 Å². The van der Waals surface area contributed by atoms with E-state index in [1.807, 2.05) is 83.6 Å². The van der Waals surface area contributed by atoms with Crippen molar-refractivity contribution >= 4 is 60.5 Å². The molecule has 0 aromatic heterocycles. The Labute approximate surface area is 369 Å². The number of carbonyl (C=O) groups is 1. The van der Waals surface area contributed by atoms with E-state index in [9.17, 15) is 39.9 Å². The maximum absolute atomic E-state index is 14.1. The summed E-state index contributed by atoms with van der Waals surface area (Å²) in [7, 11) is -9.31. The van der Waals surface area contributed by atoms with Crippen LogP contribution in [0.25, 0.3) is 11.1 Å². The third-order valence-corrected chi connectivity index (χ3v) is 14.9. The molecule has 10 nitrogen and oxygen atoms in total. The molecule has 326 valence electrons. The second-order valence-electron chi connectivity index (χ2n) is 14.8. The summed E-state index contributed by atoms with van der Waals surface area (Å²) in [5, 5.41) is 15.0. The van der Waals surface area contributed by atoms with E-state index >= 15 is 0 Å². The molecule has 1 heterocycles. The number of nitrogens with zero attached hydrogens (tertiary/aromatic N) is 2. The molecule has 17 heteroatoms. The molecule has 62 heavy (non-hydrogen) atoms. The smallest absolute Gasteiger partial charge is 0.388 e. The Morgan fingerprint density at radius 2 is 1.58 bits per heavy atom. The first-order valence-corrected chi connectivity index (χ1v) is 23.8. The van der Waals surface area contributed by atoms with E-state index in [1.54, 1.807) is 19.2 Å². The molecule has 1 aliphatic rings. The van der Waals surface area contributed by atoms with Gasteiger partial charge in [-0.1, -0.05) is 72.6 Å².